The number of nitrogens with zero attached hydrogens (tertiary/aromatic N) is 2. The largest absolute Gasteiger partial charge is 0.370 e. The molecule has 1 unspecified atom stereocenters. The predicted molar refractivity (Wildman–Crippen MR) is 74.0 cm³/mol. The number of benzene rings is 1. The molecule has 1 atom stereocenters. The first kappa shape index (κ1) is 11.3. The third-order valence-corrected chi connectivity index (χ3v) is 3.72. The Morgan fingerprint density at radius 1 is 1.39 bits per heavy atom. The highest BCUT2D eigenvalue weighted by Crippen LogP contribution is 2.31. The third kappa shape index (κ3) is 1.80. The number of aromatic nitrogens is 2. The van der Waals surface area contributed by atoms with E-state index < -0.39 is 0 Å². The topological polar surface area (TPSA) is 29.9 Å². The molecule has 1 aromatic heterocycles. The SMILES string of the molecule is CCc1cc2n(n1)C(c1ccccc1C)CCN2. The van der Waals surface area contributed by atoms with E-state index in [1.54, 1.807) is 0 Å². The summed E-state index contributed by atoms with van der Waals surface area (Å²) >= 11 is 0. The van der Waals surface area contributed by atoms with E-state index in [2.05, 4.69) is 54.2 Å². The summed E-state index contributed by atoms with van der Waals surface area (Å²) in [5, 5.41) is 8.16. The van der Waals surface area contributed by atoms with Crippen molar-refractivity contribution in [3.63, 3.8) is 0 Å². The molecular weight excluding hydrogens is 222 g/mol. The van der Waals surface area contributed by atoms with E-state index in [1.807, 2.05) is 0 Å². The normalized spacial score (nSPS) is 18.2. The maximum atomic E-state index is 4.72. The minimum absolute atomic E-state index is 0.378. The Balaban J connectivity index is 2.06. The lowest BCUT2D eigenvalue weighted by molar-refractivity contribution is 0.476. The summed E-state index contributed by atoms with van der Waals surface area (Å²) in [4.78, 5) is 0. The summed E-state index contributed by atoms with van der Waals surface area (Å²) in [6, 6.07) is 11.2. The van der Waals surface area contributed by atoms with Gasteiger partial charge in [0, 0.05) is 12.6 Å². The van der Waals surface area contributed by atoms with Crippen molar-refractivity contribution < 1.29 is 0 Å². The Morgan fingerprint density at radius 2 is 2.22 bits per heavy atom. The monoisotopic (exact) mass is 241 g/mol. The Kier molecular flexibility index (Phi) is 2.82. The molecule has 2 heterocycles. The lowest BCUT2D eigenvalue weighted by Crippen LogP contribution is -2.24. The molecular formula is C15H19N3. The van der Waals surface area contributed by atoms with Gasteiger partial charge in [-0.25, -0.2) is 4.68 Å². The molecule has 1 aromatic carbocycles. The summed E-state index contributed by atoms with van der Waals surface area (Å²) in [6.07, 6.45) is 2.09. The Hall–Kier alpha value is -1.77. The van der Waals surface area contributed by atoms with Crippen LogP contribution < -0.4 is 5.32 Å². The van der Waals surface area contributed by atoms with Crippen LogP contribution in [0.25, 0.3) is 0 Å². The van der Waals surface area contributed by atoms with Crippen molar-refractivity contribution in [1.29, 1.82) is 0 Å². The van der Waals surface area contributed by atoms with E-state index in [0.717, 1.165) is 30.9 Å². The average molecular weight is 241 g/mol. The molecule has 3 heteroatoms. The molecule has 3 nitrogen and oxygen atoms in total. The van der Waals surface area contributed by atoms with Crippen molar-refractivity contribution >= 4 is 5.82 Å². The van der Waals surface area contributed by atoms with Gasteiger partial charge in [-0.3, -0.25) is 0 Å². The zero-order valence-electron chi connectivity index (χ0n) is 11.0. The summed E-state index contributed by atoms with van der Waals surface area (Å²) in [7, 11) is 0. The van der Waals surface area contributed by atoms with Crippen molar-refractivity contribution in [1.82, 2.24) is 9.78 Å². The lowest BCUT2D eigenvalue weighted by Gasteiger charge is -2.27. The van der Waals surface area contributed by atoms with Gasteiger partial charge in [0.1, 0.15) is 5.82 Å². The smallest absolute Gasteiger partial charge is 0.125 e. The number of rotatable bonds is 2. The molecule has 0 fully saturated rings. The first-order chi connectivity index (χ1) is 8.79. The van der Waals surface area contributed by atoms with Crippen LogP contribution in [-0.2, 0) is 6.42 Å². The second-order valence-corrected chi connectivity index (χ2v) is 4.91. The van der Waals surface area contributed by atoms with Crippen LogP contribution >= 0.6 is 0 Å². The van der Waals surface area contributed by atoms with Gasteiger partial charge in [-0.2, -0.15) is 5.10 Å². The maximum Gasteiger partial charge on any atom is 0.125 e. The van der Waals surface area contributed by atoms with Crippen molar-refractivity contribution in [2.75, 3.05) is 11.9 Å². The van der Waals surface area contributed by atoms with Gasteiger partial charge in [0.05, 0.1) is 11.7 Å². The molecule has 1 N–H and O–H groups in total. The van der Waals surface area contributed by atoms with Crippen molar-refractivity contribution in [3.8, 4) is 0 Å². The number of hydrogen-bond acceptors (Lipinski definition) is 2. The highest BCUT2D eigenvalue weighted by atomic mass is 15.4. The van der Waals surface area contributed by atoms with E-state index in [4.69, 9.17) is 5.10 Å². The summed E-state index contributed by atoms with van der Waals surface area (Å²) in [6.45, 7) is 5.35. The predicted octanol–water partition coefficient (Wildman–Crippen LogP) is 3.16. The highest BCUT2D eigenvalue weighted by molar-refractivity contribution is 5.42. The highest BCUT2D eigenvalue weighted by Gasteiger charge is 2.23. The fraction of sp³-hybridized carbons (Fsp3) is 0.400. The van der Waals surface area contributed by atoms with Gasteiger partial charge in [0.25, 0.3) is 0 Å². The van der Waals surface area contributed by atoms with Gasteiger partial charge in [-0.1, -0.05) is 31.2 Å². The molecule has 18 heavy (non-hydrogen) atoms. The van der Waals surface area contributed by atoms with E-state index >= 15 is 0 Å². The fourth-order valence-electron chi connectivity index (χ4n) is 2.69. The second-order valence-electron chi connectivity index (χ2n) is 4.91. The van der Waals surface area contributed by atoms with E-state index in [9.17, 15) is 0 Å². The molecule has 0 saturated carbocycles. The first-order valence-corrected chi connectivity index (χ1v) is 6.67. The van der Waals surface area contributed by atoms with Gasteiger partial charge in [0.15, 0.2) is 0 Å². The fourth-order valence-corrected chi connectivity index (χ4v) is 2.69. The van der Waals surface area contributed by atoms with E-state index in [0.29, 0.717) is 6.04 Å². The molecule has 0 spiro atoms. The standard InChI is InChI=1S/C15H19N3/c1-3-12-10-15-16-9-8-14(18(15)17-12)13-7-5-4-6-11(13)2/h4-7,10,14,16H,3,8-9H2,1-2H3. The molecule has 1 aliphatic heterocycles. The molecule has 1 aliphatic rings. The van der Waals surface area contributed by atoms with Gasteiger partial charge in [-0.05, 0) is 30.9 Å². The zero-order chi connectivity index (χ0) is 12.5. The van der Waals surface area contributed by atoms with Crippen LogP contribution in [0.1, 0.15) is 36.2 Å². The van der Waals surface area contributed by atoms with Crippen molar-refractivity contribution in [2.24, 2.45) is 0 Å². The average Bonchev–Trinajstić information content (AvgIpc) is 2.82. The van der Waals surface area contributed by atoms with Crippen LogP contribution in [0.5, 0.6) is 0 Å². The van der Waals surface area contributed by atoms with Gasteiger partial charge in [0.2, 0.25) is 0 Å². The molecule has 2 aromatic rings. The molecule has 3 rings (SSSR count). The molecule has 0 radical (unpaired) electrons. The molecule has 0 aliphatic carbocycles. The third-order valence-electron chi connectivity index (χ3n) is 3.72. The maximum absolute atomic E-state index is 4.72. The number of hydrogen-bond donors (Lipinski definition) is 1. The molecule has 0 saturated heterocycles. The minimum Gasteiger partial charge on any atom is -0.370 e. The molecule has 94 valence electrons. The van der Waals surface area contributed by atoms with Gasteiger partial charge < -0.3 is 5.32 Å². The van der Waals surface area contributed by atoms with Crippen LogP contribution in [0.4, 0.5) is 5.82 Å². The summed E-state index contributed by atoms with van der Waals surface area (Å²) in [5.74, 6) is 1.16. The Labute approximate surface area is 108 Å². The van der Waals surface area contributed by atoms with Crippen LogP contribution in [0.3, 0.4) is 0 Å². The van der Waals surface area contributed by atoms with Crippen molar-refractivity contribution in [2.45, 2.75) is 32.7 Å². The quantitative estimate of drug-likeness (QED) is 0.875. The second kappa shape index (κ2) is 4.48. The van der Waals surface area contributed by atoms with Crippen LogP contribution in [0.15, 0.2) is 30.3 Å². The molecule has 0 bridgehead atoms. The van der Waals surface area contributed by atoms with Gasteiger partial charge in [-0.15, -0.1) is 0 Å². The van der Waals surface area contributed by atoms with E-state index in [-0.39, 0.29) is 0 Å². The van der Waals surface area contributed by atoms with E-state index in [1.165, 1.54) is 11.1 Å². The number of nitrogens with one attached hydrogen (secondary N) is 1. The Bertz CT molecular complexity index is 557. The zero-order valence-corrected chi connectivity index (χ0v) is 11.0. The molecule has 0 amide bonds. The van der Waals surface area contributed by atoms with Gasteiger partial charge >= 0.3 is 0 Å². The lowest BCUT2D eigenvalue weighted by atomic mass is 9.98. The number of anilines is 1. The van der Waals surface area contributed by atoms with Crippen LogP contribution in [0.2, 0.25) is 0 Å². The first-order valence-electron chi connectivity index (χ1n) is 6.67. The number of fused-ring (bicyclic) bond motifs is 1. The van der Waals surface area contributed by atoms with Crippen LogP contribution in [0, 0.1) is 6.92 Å². The number of aryl methyl sites for hydroxylation is 2. The Morgan fingerprint density at radius 3 is 3.00 bits per heavy atom. The van der Waals surface area contributed by atoms with Crippen molar-refractivity contribution in [3.05, 3.63) is 47.2 Å². The summed E-state index contributed by atoms with van der Waals surface area (Å²) < 4.78 is 2.16. The van der Waals surface area contributed by atoms with Crippen LogP contribution in [-0.4, -0.2) is 16.3 Å². The minimum atomic E-state index is 0.378. The summed E-state index contributed by atoms with van der Waals surface area (Å²) in [5.41, 5.74) is 3.91.